The van der Waals surface area contributed by atoms with Gasteiger partial charge < -0.3 is 14.5 Å². The van der Waals surface area contributed by atoms with Gasteiger partial charge in [0.05, 0.1) is 6.61 Å². The van der Waals surface area contributed by atoms with Gasteiger partial charge in [-0.05, 0) is 92.1 Å². The molecule has 0 saturated carbocycles. The number of thiocarbonyl (C=S) groups is 1. The lowest BCUT2D eigenvalue weighted by atomic mass is 10.1. The van der Waals surface area contributed by atoms with E-state index < -0.39 is 0 Å². The number of aryl methyl sites for hydroxylation is 2. The highest BCUT2D eigenvalue weighted by molar-refractivity contribution is 7.80. The second kappa shape index (κ2) is 10.5. The average molecular weight is 474 g/mol. The fraction of sp³-hybridized carbons (Fsp3) is 0.222. The van der Waals surface area contributed by atoms with Crippen LogP contribution in [0.2, 0.25) is 0 Å². The monoisotopic (exact) mass is 473 g/mol. The number of carbonyl (C=O) groups excluding carboxylic acids is 1. The summed E-state index contributed by atoms with van der Waals surface area (Å²) >= 11 is 5.39. The Morgan fingerprint density at radius 3 is 2.62 bits per heavy atom. The largest absolute Gasteiger partial charge is 0.494 e. The predicted molar refractivity (Wildman–Crippen MR) is 139 cm³/mol. The fourth-order valence-corrected chi connectivity index (χ4v) is 3.62. The third-order valence-corrected chi connectivity index (χ3v) is 5.59. The molecule has 0 aliphatic heterocycles. The minimum atomic E-state index is -0.291. The summed E-state index contributed by atoms with van der Waals surface area (Å²) < 4.78 is 11.6. The van der Waals surface area contributed by atoms with Gasteiger partial charge in [0.25, 0.3) is 5.91 Å². The van der Waals surface area contributed by atoms with E-state index in [1.165, 1.54) is 0 Å². The van der Waals surface area contributed by atoms with Crippen LogP contribution in [0.15, 0.2) is 65.1 Å². The first kappa shape index (κ1) is 23.4. The second-order valence-electron chi connectivity index (χ2n) is 8.15. The Labute approximate surface area is 204 Å². The van der Waals surface area contributed by atoms with Gasteiger partial charge in [0.1, 0.15) is 11.3 Å². The maximum absolute atomic E-state index is 12.6. The summed E-state index contributed by atoms with van der Waals surface area (Å²) in [5.41, 5.74) is 5.73. The maximum Gasteiger partial charge on any atom is 0.257 e. The number of rotatable bonds is 7. The van der Waals surface area contributed by atoms with E-state index in [9.17, 15) is 4.79 Å². The Hall–Kier alpha value is -3.71. The highest BCUT2D eigenvalue weighted by Crippen LogP contribution is 2.28. The molecule has 4 rings (SSSR count). The third kappa shape index (κ3) is 5.61. The Morgan fingerprint density at radius 2 is 1.85 bits per heavy atom. The van der Waals surface area contributed by atoms with Crippen molar-refractivity contribution in [3.8, 4) is 17.2 Å². The molecule has 3 aromatic carbocycles. The van der Waals surface area contributed by atoms with Gasteiger partial charge >= 0.3 is 0 Å². The third-order valence-electron chi connectivity index (χ3n) is 5.39. The number of carbonyl (C=O) groups is 1. The van der Waals surface area contributed by atoms with Crippen LogP contribution in [-0.2, 0) is 0 Å². The van der Waals surface area contributed by atoms with Crippen LogP contribution in [0.1, 0.15) is 41.3 Å². The highest BCUT2D eigenvalue weighted by Gasteiger charge is 2.13. The molecular weight excluding hydrogens is 446 g/mol. The van der Waals surface area contributed by atoms with E-state index in [1.807, 2.05) is 50.2 Å². The molecule has 0 aliphatic carbocycles. The van der Waals surface area contributed by atoms with Crippen molar-refractivity contribution in [3.63, 3.8) is 0 Å². The quantitative estimate of drug-likeness (QED) is 0.238. The van der Waals surface area contributed by atoms with Crippen molar-refractivity contribution in [2.24, 2.45) is 0 Å². The van der Waals surface area contributed by atoms with Gasteiger partial charge in [-0.25, -0.2) is 4.98 Å². The first-order valence-corrected chi connectivity index (χ1v) is 11.7. The molecule has 0 fully saturated rings. The number of nitrogens with one attached hydrogen (secondary N) is 2. The van der Waals surface area contributed by atoms with Crippen LogP contribution in [0.3, 0.4) is 0 Å². The average Bonchev–Trinajstić information content (AvgIpc) is 3.24. The van der Waals surface area contributed by atoms with Crippen molar-refractivity contribution in [1.29, 1.82) is 0 Å². The lowest BCUT2D eigenvalue weighted by Crippen LogP contribution is -2.34. The number of fused-ring (bicyclic) bond motifs is 1. The molecule has 34 heavy (non-hydrogen) atoms. The summed E-state index contributed by atoms with van der Waals surface area (Å²) in [6, 6.07) is 18.7. The van der Waals surface area contributed by atoms with E-state index in [-0.39, 0.29) is 11.0 Å². The first-order valence-electron chi connectivity index (χ1n) is 11.3. The molecule has 1 aromatic heterocycles. The molecule has 1 amide bonds. The van der Waals surface area contributed by atoms with Crippen molar-refractivity contribution in [2.45, 2.75) is 33.6 Å². The summed E-state index contributed by atoms with van der Waals surface area (Å²) in [5, 5.41) is 6.06. The van der Waals surface area contributed by atoms with E-state index >= 15 is 0 Å². The van der Waals surface area contributed by atoms with E-state index in [0.29, 0.717) is 18.1 Å². The van der Waals surface area contributed by atoms with Crippen LogP contribution in [0, 0.1) is 13.8 Å². The standard InChI is InChI=1S/C27H27N3O3S/c1-4-5-14-32-21-11-9-19(10-12-21)25(31)30-27(34)29-22-16-20(8-7-18(22)3)26-28-23-15-17(2)6-13-24(23)33-26/h6-13,15-16H,4-5,14H2,1-3H3,(H2,29,30,31,34). The zero-order valence-corrected chi connectivity index (χ0v) is 20.3. The van der Waals surface area contributed by atoms with Gasteiger partial charge in [-0.2, -0.15) is 0 Å². The van der Waals surface area contributed by atoms with Gasteiger partial charge in [-0.15, -0.1) is 0 Å². The van der Waals surface area contributed by atoms with Gasteiger partial charge in [0, 0.05) is 16.8 Å². The molecule has 0 aliphatic rings. The van der Waals surface area contributed by atoms with Crippen LogP contribution < -0.4 is 15.4 Å². The molecule has 7 heteroatoms. The van der Waals surface area contributed by atoms with Crippen LogP contribution in [-0.4, -0.2) is 22.6 Å². The summed E-state index contributed by atoms with van der Waals surface area (Å²) in [5.74, 6) is 0.980. The number of amides is 1. The predicted octanol–water partition coefficient (Wildman–Crippen LogP) is 6.42. The highest BCUT2D eigenvalue weighted by atomic mass is 32.1. The minimum absolute atomic E-state index is 0.210. The topological polar surface area (TPSA) is 76.4 Å². The molecule has 0 radical (unpaired) electrons. The Balaban J connectivity index is 1.42. The zero-order valence-electron chi connectivity index (χ0n) is 19.5. The van der Waals surface area contributed by atoms with Crippen LogP contribution in [0.4, 0.5) is 5.69 Å². The molecule has 0 atom stereocenters. The molecule has 6 nitrogen and oxygen atoms in total. The first-order chi connectivity index (χ1) is 16.4. The van der Waals surface area contributed by atoms with E-state index in [0.717, 1.165) is 52.1 Å². The minimum Gasteiger partial charge on any atom is -0.494 e. The zero-order chi connectivity index (χ0) is 24.1. The van der Waals surface area contributed by atoms with Crippen LogP contribution in [0.5, 0.6) is 5.75 Å². The number of unbranched alkanes of at least 4 members (excludes halogenated alkanes) is 1. The lowest BCUT2D eigenvalue weighted by molar-refractivity contribution is 0.0977. The molecule has 0 saturated heterocycles. The summed E-state index contributed by atoms with van der Waals surface area (Å²) in [6.45, 7) is 6.76. The second-order valence-corrected chi connectivity index (χ2v) is 8.56. The SMILES string of the molecule is CCCCOc1ccc(C(=O)NC(=S)Nc2cc(-c3nc4cc(C)ccc4o3)ccc2C)cc1. The van der Waals surface area contributed by atoms with Crippen LogP contribution in [0.25, 0.3) is 22.6 Å². The fourth-order valence-electron chi connectivity index (χ4n) is 3.42. The number of benzene rings is 3. The Morgan fingerprint density at radius 1 is 1.06 bits per heavy atom. The van der Waals surface area contributed by atoms with Gasteiger partial charge in [-0.1, -0.05) is 25.5 Å². The maximum atomic E-state index is 12.6. The Kier molecular flexibility index (Phi) is 7.23. The number of nitrogens with zero attached hydrogens (tertiary/aromatic N) is 1. The van der Waals surface area contributed by atoms with Crippen molar-refractivity contribution in [1.82, 2.24) is 10.3 Å². The number of hydrogen-bond donors (Lipinski definition) is 2. The van der Waals surface area contributed by atoms with E-state index in [1.54, 1.807) is 24.3 Å². The lowest BCUT2D eigenvalue weighted by Gasteiger charge is -2.13. The number of hydrogen-bond acceptors (Lipinski definition) is 5. The molecule has 0 unspecified atom stereocenters. The van der Waals surface area contributed by atoms with Crippen molar-refractivity contribution >= 4 is 40.0 Å². The molecule has 174 valence electrons. The van der Waals surface area contributed by atoms with Crippen LogP contribution >= 0.6 is 12.2 Å². The van der Waals surface area contributed by atoms with E-state index in [2.05, 4.69) is 22.5 Å². The number of aromatic nitrogens is 1. The van der Waals surface area contributed by atoms with Gasteiger partial charge in [0.2, 0.25) is 5.89 Å². The van der Waals surface area contributed by atoms with E-state index in [4.69, 9.17) is 21.4 Å². The summed E-state index contributed by atoms with van der Waals surface area (Å²) in [4.78, 5) is 17.2. The van der Waals surface area contributed by atoms with Gasteiger partial charge in [-0.3, -0.25) is 10.1 Å². The molecule has 4 aromatic rings. The number of ether oxygens (including phenoxy) is 1. The van der Waals surface area contributed by atoms with Gasteiger partial charge in [0.15, 0.2) is 10.7 Å². The molecular formula is C27H27N3O3S. The molecule has 0 bridgehead atoms. The normalized spacial score (nSPS) is 10.8. The smallest absolute Gasteiger partial charge is 0.257 e. The molecule has 2 N–H and O–H groups in total. The molecule has 0 spiro atoms. The van der Waals surface area contributed by atoms with Crippen molar-refractivity contribution < 1.29 is 13.9 Å². The number of anilines is 1. The molecule has 1 heterocycles. The summed E-state index contributed by atoms with van der Waals surface area (Å²) in [7, 11) is 0. The summed E-state index contributed by atoms with van der Waals surface area (Å²) in [6.07, 6.45) is 2.07. The van der Waals surface area contributed by atoms with Crippen molar-refractivity contribution in [3.05, 3.63) is 77.4 Å². The Bertz CT molecular complexity index is 1330. The van der Waals surface area contributed by atoms with Crippen molar-refractivity contribution in [2.75, 3.05) is 11.9 Å². The number of oxazole rings is 1.